The smallest absolute Gasteiger partial charge is 0.194 e. The molecular weight excluding hydrogens is 264 g/mol. The molecular formula is C17H24N2O2. The van der Waals surface area contributed by atoms with E-state index in [0.717, 1.165) is 22.5 Å². The summed E-state index contributed by atoms with van der Waals surface area (Å²) in [6.07, 6.45) is 0. The average molecular weight is 288 g/mol. The molecule has 0 aliphatic heterocycles. The van der Waals surface area contributed by atoms with E-state index in [2.05, 4.69) is 18.8 Å². The van der Waals surface area contributed by atoms with Crippen molar-refractivity contribution in [3.05, 3.63) is 39.7 Å². The number of aryl methyl sites for hydroxylation is 1. The van der Waals surface area contributed by atoms with Gasteiger partial charge in [0, 0.05) is 28.7 Å². The zero-order valence-corrected chi connectivity index (χ0v) is 13.5. The summed E-state index contributed by atoms with van der Waals surface area (Å²) < 4.78 is 5.72. The van der Waals surface area contributed by atoms with Crippen molar-refractivity contribution >= 4 is 10.9 Å². The number of rotatable bonds is 5. The van der Waals surface area contributed by atoms with Gasteiger partial charge >= 0.3 is 0 Å². The number of hydrogen-bond acceptors (Lipinski definition) is 3. The van der Waals surface area contributed by atoms with Crippen molar-refractivity contribution in [1.29, 1.82) is 0 Å². The van der Waals surface area contributed by atoms with Crippen molar-refractivity contribution in [2.45, 2.75) is 27.3 Å². The molecule has 0 saturated heterocycles. The van der Waals surface area contributed by atoms with Gasteiger partial charge in [-0.1, -0.05) is 13.8 Å². The molecule has 2 rings (SSSR count). The molecule has 0 saturated carbocycles. The number of H-pyrrole nitrogens is 1. The Morgan fingerprint density at radius 1 is 1.29 bits per heavy atom. The van der Waals surface area contributed by atoms with Crippen LogP contribution in [0.25, 0.3) is 10.9 Å². The monoisotopic (exact) mass is 288 g/mol. The van der Waals surface area contributed by atoms with Gasteiger partial charge in [-0.15, -0.1) is 0 Å². The maximum Gasteiger partial charge on any atom is 0.194 e. The first kappa shape index (κ1) is 15.6. The molecule has 0 amide bonds. The summed E-state index contributed by atoms with van der Waals surface area (Å²) >= 11 is 0. The fourth-order valence-corrected chi connectivity index (χ4v) is 2.29. The van der Waals surface area contributed by atoms with Crippen LogP contribution in [0.4, 0.5) is 0 Å². The van der Waals surface area contributed by atoms with Gasteiger partial charge in [-0.3, -0.25) is 4.79 Å². The highest BCUT2D eigenvalue weighted by Crippen LogP contribution is 2.19. The Kier molecular flexibility index (Phi) is 4.68. The Bertz CT molecular complexity index is 687. The minimum absolute atomic E-state index is 0.0879. The summed E-state index contributed by atoms with van der Waals surface area (Å²) in [6, 6.07) is 5.67. The lowest BCUT2D eigenvalue weighted by molar-refractivity contribution is 0.271. The molecule has 0 bridgehead atoms. The fraction of sp³-hybridized carbons (Fsp3) is 0.471. The lowest BCUT2D eigenvalue weighted by Gasteiger charge is -2.14. The van der Waals surface area contributed by atoms with Gasteiger partial charge in [0.05, 0.1) is 6.61 Å². The van der Waals surface area contributed by atoms with Crippen molar-refractivity contribution in [3.8, 4) is 5.75 Å². The lowest BCUT2D eigenvalue weighted by atomic mass is 10.1. The van der Waals surface area contributed by atoms with Crippen molar-refractivity contribution in [2.24, 2.45) is 5.92 Å². The second kappa shape index (κ2) is 6.31. The van der Waals surface area contributed by atoms with Gasteiger partial charge < -0.3 is 14.6 Å². The van der Waals surface area contributed by atoms with Crippen LogP contribution in [-0.2, 0) is 6.54 Å². The highest BCUT2D eigenvalue weighted by atomic mass is 16.5. The minimum atomic E-state index is 0.0879. The molecule has 0 atom stereocenters. The van der Waals surface area contributed by atoms with Crippen LogP contribution >= 0.6 is 0 Å². The largest absolute Gasteiger partial charge is 0.493 e. The summed E-state index contributed by atoms with van der Waals surface area (Å²) in [7, 11) is 3.93. The van der Waals surface area contributed by atoms with Crippen LogP contribution in [0.1, 0.15) is 25.1 Å². The molecule has 0 spiro atoms. The predicted molar refractivity (Wildman–Crippen MR) is 87.0 cm³/mol. The first-order valence-electron chi connectivity index (χ1n) is 7.31. The molecule has 1 heterocycles. The standard InChI is InChI=1S/C17H24N2O2/c1-11(2)10-21-13-6-7-16-14(8-13)17(20)15(9-19(4)5)12(3)18-16/h6-8,11H,9-10H2,1-5H3,(H,18,20). The summed E-state index contributed by atoms with van der Waals surface area (Å²) in [5.41, 5.74) is 2.69. The number of aromatic amines is 1. The van der Waals surface area contributed by atoms with Crippen LogP contribution in [0.15, 0.2) is 23.0 Å². The van der Waals surface area contributed by atoms with Crippen LogP contribution in [0.5, 0.6) is 5.75 Å². The minimum Gasteiger partial charge on any atom is -0.493 e. The van der Waals surface area contributed by atoms with Crippen LogP contribution in [0.3, 0.4) is 0 Å². The fourth-order valence-electron chi connectivity index (χ4n) is 2.29. The van der Waals surface area contributed by atoms with E-state index in [0.29, 0.717) is 24.5 Å². The SMILES string of the molecule is Cc1[nH]c2ccc(OCC(C)C)cc2c(=O)c1CN(C)C. The summed E-state index contributed by atoms with van der Waals surface area (Å²) in [6.45, 7) is 7.44. The number of ether oxygens (including phenoxy) is 1. The van der Waals surface area contributed by atoms with Crippen molar-refractivity contribution in [2.75, 3.05) is 20.7 Å². The Morgan fingerprint density at radius 2 is 2.00 bits per heavy atom. The number of nitrogens with one attached hydrogen (secondary N) is 1. The molecule has 0 fully saturated rings. The Morgan fingerprint density at radius 3 is 2.62 bits per heavy atom. The Balaban J connectivity index is 2.47. The van der Waals surface area contributed by atoms with Gasteiger partial charge in [0.25, 0.3) is 0 Å². The molecule has 114 valence electrons. The Labute approximate surface area is 125 Å². The molecule has 0 radical (unpaired) electrons. The van der Waals surface area contributed by atoms with E-state index in [1.807, 2.05) is 44.1 Å². The molecule has 0 aliphatic rings. The van der Waals surface area contributed by atoms with Crippen molar-refractivity contribution < 1.29 is 4.74 Å². The van der Waals surface area contributed by atoms with E-state index in [-0.39, 0.29) is 5.43 Å². The molecule has 4 nitrogen and oxygen atoms in total. The number of nitrogens with zero attached hydrogens (tertiary/aromatic N) is 1. The second-order valence-corrected chi connectivity index (χ2v) is 6.21. The van der Waals surface area contributed by atoms with Crippen molar-refractivity contribution in [3.63, 3.8) is 0 Å². The average Bonchev–Trinajstić information content (AvgIpc) is 2.41. The summed E-state index contributed by atoms with van der Waals surface area (Å²) in [5, 5.41) is 0.693. The van der Waals surface area contributed by atoms with Gasteiger partial charge in [0.15, 0.2) is 5.43 Å². The van der Waals surface area contributed by atoms with Crippen LogP contribution in [0, 0.1) is 12.8 Å². The third kappa shape index (κ3) is 3.64. The van der Waals surface area contributed by atoms with E-state index in [1.54, 1.807) is 0 Å². The highest BCUT2D eigenvalue weighted by molar-refractivity contribution is 5.81. The molecule has 0 unspecified atom stereocenters. The van der Waals surface area contributed by atoms with Gasteiger partial charge in [-0.05, 0) is 45.1 Å². The molecule has 1 aromatic carbocycles. The Hall–Kier alpha value is -1.81. The maximum atomic E-state index is 12.7. The molecule has 21 heavy (non-hydrogen) atoms. The molecule has 1 N–H and O–H groups in total. The summed E-state index contributed by atoms with van der Waals surface area (Å²) in [4.78, 5) is 18.0. The number of benzene rings is 1. The first-order valence-corrected chi connectivity index (χ1v) is 7.31. The highest BCUT2D eigenvalue weighted by Gasteiger charge is 2.11. The second-order valence-electron chi connectivity index (χ2n) is 6.21. The first-order chi connectivity index (χ1) is 9.88. The normalized spacial score (nSPS) is 11.6. The third-order valence-electron chi connectivity index (χ3n) is 3.34. The third-order valence-corrected chi connectivity index (χ3v) is 3.34. The van der Waals surface area contributed by atoms with E-state index >= 15 is 0 Å². The van der Waals surface area contributed by atoms with E-state index in [9.17, 15) is 4.79 Å². The van der Waals surface area contributed by atoms with E-state index in [1.165, 1.54) is 0 Å². The number of hydrogen-bond donors (Lipinski definition) is 1. The molecule has 2 aromatic rings. The summed E-state index contributed by atoms with van der Waals surface area (Å²) in [5.74, 6) is 1.21. The van der Waals surface area contributed by atoms with Gasteiger partial charge in [0.2, 0.25) is 0 Å². The van der Waals surface area contributed by atoms with E-state index < -0.39 is 0 Å². The zero-order valence-electron chi connectivity index (χ0n) is 13.5. The maximum absolute atomic E-state index is 12.7. The van der Waals surface area contributed by atoms with Crippen LogP contribution in [0.2, 0.25) is 0 Å². The molecule has 0 aliphatic carbocycles. The quantitative estimate of drug-likeness (QED) is 0.920. The van der Waals surface area contributed by atoms with Gasteiger partial charge in [-0.25, -0.2) is 0 Å². The van der Waals surface area contributed by atoms with E-state index in [4.69, 9.17) is 4.74 Å². The number of pyridine rings is 1. The lowest BCUT2D eigenvalue weighted by Crippen LogP contribution is -2.21. The number of aromatic nitrogens is 1. The molecule has 4 heteroatoms. The molecule has 1 aromatic heterocycles. The zero-order chi connectivity index (χ0) is 15.6. The number of fused-ring (bicyclic) bond motifs is 1. The van der Waals surface area contributed by atoms with Gasteiger partial charge in [0.1, 0.15) is 5.75 Å². The predicted octanol–water partition coefficient (Wildman–Crippen LogP) is 2.93. The van der Waals surface area contributed by atoms with Gasteiger partial charge in [-0.2, -0.15) is 0 Å². The topological polar surface area (TPSA) is 45.3 Å². The van der Waals surface area contributed by atoms with Crippen LogP contribution in [-0.4, -0.2) is 30.6 Å². The van der Waals surface area contributed by atoms with Crippen molar-refractivity contribution in [1.82, 2.24) is 9.88 Å². The van der Waals surface area contributed by atoms with Crippen LogP contribution < -0.4 is 10.2 Å².